The molecule has 1 aliphatic carbocycles. The van der Waals surface area contributed by atoms with E-state index >= 15 is 0 Å². The van der Waals surface area contributed by atoms with Gasteiger partial charge in [-0.3, -0.25) is 4.79 Å². The summed E-state index contributed by atoms with van der Waals surface area (Å²) in [5.41, 5.74) is -0.432. The number of amides is 1. The summed E-state index contributed by atoms with van der Waals surface area (Å²) in [4.78, 5) is 20.5. The second-order valence-electron chi connectivity index (χ2n) is 4.85. The Morgan fingerprint density at radius 2 is 2.11 bits per heavy atom. The van der Waals surface area contributed by atoms with Gasteiger partial charge in [-0.1, -0.05) is 24.3 Å². The Balaban J connectivity index is 0.000000555. The SMILES string of the molecule is CC(C)(C)OC(=O)NC1C=CC=CC1.CCOC=O. The molecule has 0 aromatic heterocycles. The Kier molecular flexibility index (Phi) is 8.33. The van der Waals surface area contributed by atoms with Crippen LogP contribution in [0.1, 0.15) is 34.1 Å². The van der Waals surface area contributed by atoms with Gasteiger partial charge in [-0.05, 0) is 34.1 Å². The Labute approximate surface area is 114 Å². The van der Waals surface area contributed by atoms with E-state index in [1.807, 2.05) is 45.1 Å². The minimum atomic E-state index is -0.432. The molecule has 0 saturated heterocycles. The van der Waals surface area contributed by atoms with Crippen LogP contribution in [0.4, 0.5) is 4.79 Å². The number of rotatable bonds is 3. The molecule has 0 aromatic rings. The van der Waals surface area contributed by atoms with Crippen LogP contribution in [0.3, 0.4) is 0 Å². The van der Waals surface area contributed by atoms with Gasteiger partial charge in [0.2, 0.25) is 0 Å². The zero-order valence-corrected chi connectivity index (χ0v) is 12.0. The van der Waals surface area contributed by atoms with Crippen molar-refractivity contribution in [1.82, 2.24) is 5.32 Å². The van der Waals surface area contributed by atoms with E-state index in [-0.39, 0.29) is 12.1 Å². The zero-order valence-electron chi connectivity index (χ0n) is 12.0. The number of allylic oxidation sites excluding steroid dienone is 2. The van der Waals surface area contributed by atoms with Gasteiger partial charge >= 0.3 is 6.09 Å². The molecule has 0 aromatic carbocycles. The normalized spacial score (nSPS) is 16.9. The van der Waals surface area contributed by atoms with Gasteiger partial charge in [-0.2, -0.15) is 0 Å². The monoisotopic (exact) mass is 269 g/mol. The fraction of sp³-hybridized carbons (Fsp3) is 0.571. The summed E-state index contributed by atoms with van der Waals surface area (Å²) >= 11 is 0. The van der Waals surface area contributed by atoms with Crippen LogP contribution in [-0.4, -0.2) is 30.8 Å². The fourth-order valence-corrected chi connectivity index (χ4v) is 1.21. The highest BCUT2D eigenvalue weighted by Crippen LogP contribution is 2.08. The van der Waals surface area contributed by atoms with Crippen molar-refractivity contribution in [3.8, 4) is 0 Å². The van der Waals surface area contributed by atoms with Crippen molar-refractivity contribution < 1.29 is 19.1 Å². The summed E-state index contributed by atoms with van der Waals surface area (Å²) in [6.45, 7) is 8.22. The summed E-state index contributed by atoms with van der Waals surface area (Å²) in [6.07, 6.45) is 8.32. The maximum Gasteiger partial charge on any atom is 0.408 e. The van der Waals surface area contributed by atoms with E-state index in [4.69, 9.17) is 4.74 Å². The van der Waals surface area contributed by atoms with Gasteiger partial charge < -0.3 is 14.8 Å². The van der Waals surface area contributed by atoms with Crippen molar-refractivity contribution in [2.24, 2.45) is 0 Å². The lowest BCUT2D eigenvalue weighted by molar-refractivity contribution is -0.128. The Bertz CT molecular complexity index is 329. The quantitative estimate of drug-likeness (QED) is 0.800. The standard InChI is InChI=1S/C11H17NO2.C3H6O2/c1-11(2,3)14-10(13)12-9-7-5-4-6-8-9;1-2-5-3-4/h4-7,9H,8H2,1-3H3,(H,12,13);3H,2H2,1H3. The topological polar surface area (TPSA) is 64.6 Å². The molecule has 1 amide bonds. The summed E-state index contributed by atoms with van der Waals surface area (Å²) in [7, 11) is 0. The smallest absolute Gasteiger partial charge is 0.408 e. The van der Waals surface area contributed by atoms with Crippen molar-refractivity contribution >= 4 is 12.6 Å². The minimum Gasteiger partial charge on any atom is -0.468 e. The second-order valence-corrected chi connectivity index (χ2v) is 4.85. The number of hydrogen-bond acceptors (Lipinski definition) is 4. The molecular formula is C14H23NO4. The lowest BCUT2D eigenvalue weighted by Crippen LogP contribution is -2.38. The molecule has 1 atom stereocenters. The third-order valence-electron chi connectivity index (χ3n) is 1.92. The lowest BCUT2D eigenvalue weighted by Gasteiger charge is -2.22. The first-order valence-corrected chi connectivity index (χ1v) is 6.27. The van der Waals surface area contributed by atoms with Crippen molar-refractivity contribution in [2.45, 2.75) is 45.8 Å². The van der Waals surface area contributed by atoms with Gasteiger partial charge in [0, 0.05) is 0 Å². The molecular weight excluding hydrogens is 246 g/mol. The van der Waals surface area contributed by atoms with Crippen LogP contribution in [0.5, 0.6) is 0 Å². The largest absolute Gasteiger partial charge is 0.468 e. The molecule has 0 heterocycles. The van der Waals surface area contributed by atoms with E-state index in [0.717, 1.165) is 6.42 Å². The summed E-state index contributed by atoms with van der Waals surface area (Å²) in [6, 6.07) is 0.0647. The van der Waals surface area contributed by atoms with Gasteiger partial charge in [0.25, 0.3) is 6.47 Å². The first kappa shape index (κ1) is 17.2. The highest BCUT2D eigenvalue weighted by molar-refractivity contribution is 5.68. The van der Waals surface area contributed by atoms with Crippen LogP contribution >= 0.6 is 0 Å². The average molecular weight is 269 g/mol. The first-order chi connectivity index (χ1) is 8.89. The third kappa shape index (κ3) is 11.1. The predicted molar refractivity (Wildman–Crippen MR) is 73.7 cm³/mol. The molecule has 1 N–H and O–H groups in total. The maximum atomic E-state index is 11.3. The van der Waals surface area contributed by atoms with Gasteiger partial charge in [0.15, 0.2) is 0 Å². The van der Waals surface area contributed by atoms with Gasteiger partial charge in [-0.25, -0.2) is 4.79 Å². The molecule has 19 heavy (non-hydrogen) atoms. The van der Waals surface area contributed by atoms with Crippen LogP contribution in [0.25, 0.3) is 0 Å². The van der Waals surface area contributed by atoms with E-state index < -0.39 is 5.60 Å². The van der Waals surface area contributed by atoms with Crippen LogP contribution in [0, 0.1) is 0 Å². The van der Waals surface area contributed by atoms with E-state index in [9.17, 15) is 9.59 Å². The second kappa shape index (κ2) is 9.19. The molecule has 5 heteroatoms. The van der Waals surface area contributed by atoms with Crippen molar-refractivity contribution in [3.05, 3.63) is 24.3 Å². The molecule has 0 bridgehead atoms. The molecule has 0 fully saturated rings. The fourth-order valence-electron chi connectivity index (χ4n) is 1.21. The Morgan fingerprint density at radius 1 is 1.42 bits per heavy atom. The molecule has 1 aliphatic rings. The molecule has 1 rings (SSSR count). The van der Waals surface area contributed by atoms with Crippen molar-refractivity contribution in [1.29, 1.82) is 0 Å². The third-order valence-corrected chi connectivity index (χ3v) is 1.92. The lowest BCUT2D eigenvalue weighted by atomic mass is 10.1. The summed E-state index contributed by atoms with van der Waals surface area (Å²) in [5.74, 6) is 0. The molecule has 108 valence electrons. The van der Waals surface area contributed by atoms with Crippen LogP contribution in [0.15, 0.2) is 24.3 Å². The molecule has 0 saturated carbocycles. The van der Waals surface area contributed by atoms with E-state index in [2.05, 4.69) is 10.1 Å². The molecule has 0 spiro atoms. The van der Waals surface area contributed by atoms with Crippen LogP contribution in [-0.2, 0) is 14.3 Å². The number of nitrogens with one attached hydrogen (secondary N) is 1. The van der Waals surface area contributed by atoms with E-state index in [1.165, 1.54) is 0 Å². The highest BCUT2D eigenvalue weighted by atomic mass is 16.6. The number of carbonyl (C=O) groups excluding carboxylic acids is 2. The van der Waals surface area contributed by atoms with Gasteiger partial charge in [-0.15, -0.1) is 0 Å². The first-order valence-electron chi connectivity index (χ1n) is 6.27. The highest BCUT2D eigenvalue weighted by Gasteiger charge is 2.18. The molecule has 0 aliphatic heterocycles. The Hall–Kier alpha value is -1.78. The van der Waals surface area contributed by atoms with Gasteiger partial charge in [0.1, 0.15) is 5.60 Å². The van der Waals surface area contributed by atoms with Gasteiger partial charge in [0.05, 0.1) is 12.6 Å². The zero-order chi connectivity index (χ0) is 14.7. The van der Waals surface area contributed by atoms with Crippen LogP contribution in [0.2, 0.25) is 0 Å². The number of hydrogen-bond donors (Lipinski definition) is 1. The summed E-state index contributed by atoms with van der Waals surface area (Å²) in [5, 5.41) is 2.78. The number of carbonyl (C=O) groups is 2. The Morgan fingerprint density at radius 3 is 2.47 bits per heavy atom. The maximum absolute atomic E-state index is 11.3. The number of ether oxygens (including phenoxy) is 2. The van der Waals surface area contributed by atoms with Crippen molar-refractivity contribution in [3.63, 3.8) is 0 Å². The van der Waals surface area contributed by atoms with E-state index in [0.29, 0.717) is 13.1 Å². The molecule has 5 nitrogen and oxygen atoms in total. The molecule has 0 radical (unpaired) electrons. The van der Waals surface area contributed by atoms with E-state index in [1.54, 1.807) is 6.92 Å². The minimum absolute atomic E-state index is 0.0647. The average Bonchev–Trinajstić information content (AvgIpc) is 2.29. The van der Waals surface area contributed by atoms with Crippen LogP contribution < -0.4 is 5.32 Å². The van der Waals surface area contributed by atoms with Crippen molar-refractivity contribution in [2.75, 3.05) is 6.61 Å². The molecule has 1 unspecified atom stereocenters. The predicted octanol–water partition coefficient (Wildman–Crippen LogP) is 2.58. The number of alkyl carbamates (subject to hydrolysis) is 1. The summed E-state index contributed by atoms with van der Waals surface area (Å²) < 4.78 is 9.29.